The number of aliphatic carboxylic acids is 1. The Morgan fingerprint density at radius 2 is 1.84 bits per heavy atom. The van der Waals surface area contributed by atoms with Crippen molar-refractivity contribution in [1.29, 1.82) is 0 Å². The average molecular weight is 442 g/mol. The van der Waals surface area contributed by atoms with Gasteiger partial charge in [-0.05, 0) is 56.0 Å². The number of carbonyl (C=O) groups is 2. The molecule has 6 nitrogen and oxygen atoms in total. The van der Waals surface area contributed by atoms with Crippen LogP contribution in [0.2, 0.25) is 0 Å². The molecule has 0 radical (unpaired) electrons. The molecule has 0 unspecified atom stereocenters. The van der Waals surface area contributed by atoms with Crippen molar-refractivity contribution in [1.82, 2.24) is 10.2 Å². The number of hydrogen-bond donors (Lipinski definition) is 2. The van der Waals surface area contributed by atoms with Crippen molar-refractivity contribution in [2.24, 2.45) is 11.8 Å². The van der Waals surface area contributed by atoms with Gasteiger partial charge in [0.25, 0.3) is 0 Å². The van der Waals surface area contributed by atoms with E-state index >= 15 is 0 Å². The smallest absolute Gasteiger partial charge is 0.475 e. The third-order valence-corrected chi connectivity index (χ3v) is 5.99. The van der Waals surface area contributed by atoms with E-state index in [0.717, 1.165) is 51.4 Å². The highest BCUT2D eigenvalue weighted by atomic mass is 19.4. The van der Waals surface area contributed by atoms with E-state index in [2.05, 4.69) is 40.5 Å². The number of alkyl halides is 3. The zero-order chi connectivity index (χ0) is 22.4. The second kappa shape index (κ2) is 10.5. The Morgan fingerprint density at radius 3 is 2.45 bits per heavy atom. The van der Waals surface area contributed by atoms with Gasteiger partial charge < -0.3 is 20.1 Å². The highest BCUT2D eigenvalue weighted by Gasteiger charge is 2.42. The minimum absolute atomic E-state index is 0.118. The average Bonchev–Trinajstić information content (AvgIpc) is 3.47. The van der Waals surface area contributed by atoms with E-state index in [-0.39, 0.29) is 18.1 Å². The number of likely N-dealkylation sites (tertiary alicyclic amines) is 1. The van der Waals surface area contributed by atoms with Gasteiger partial charge in [-0.1, -0.05) is 30.3 Å². The number of nitrogens with zero attached hydrogens (tertiary/aromatic N) is 1. The van der Waals surface area contributed by atoms with Crippen LogP contribution in [0.25, 0.3) is 0 Å². The monoisotopic (exact) mass is 442 g/mol. The van der Waals surface area contributed by atoms with Gasteiger partial charge in [0.15, 0.2) is 0 Å². The largest absolute Gasteiger partial charge is 0.490 e. The van der Waals surface area contributed by atoms with E-state index in [9.17, 15) is 18.0 Å². The van der Waals surface area contributed by atoms with Crippen LogP contribution in [0.1, 0.15) is 31.2 Å². The van der Waals surface area contributed by atoms with Gasteiger partial charge in [-0.2, -0.15) is 13.2 Å². The second-order valence-corrected chi connectivity index (χ2v) is 8.48. The molecular formula is C22H29F3N2O4. The summed E-state index contributed by atoms with van der Waals surface area (Å²) in [6.45, 7) is 4.03. The van der Waals surface area contributed by atoms with Gasteiger partial charge in [-0.3, -0.25) is 4.79 Å². The van der Waals surface area contributed by atoms with Gasteiger partial charge >= 0.3 is 12.1 Å². The van der Waals surface area contributed by atoms with Crippen LogP contribution in [-0.2, 0) is 20.7 Å². The maximum Gasteiger partial charge on any atom is 0.490 e. The van der Waals surface area contributed by atoms with Crippen LogP contribution >= 0.6 is 0 Å². The summed E-state index contributed by atoms with van der Waals surface area (Å²) < 4.78 is 37.8. The van der Waals surface area contributed by atoms with Crippen molar-refractivity contribution in [3.05, 3.63) is 35.9 Å². The van der Waals surface area contributed by atoms with Crippen LogP contribution in [0.5, 0.6) is 0 Å². The van der Waals surface area contributed by atoms with Crippen molar-refractivity contribution < 1.29 is 32.6 Å². The predicted molar refractivity (Wildman–Crippen MR) is 107 cm³/mol. The van der Waals surface area contributed by atoms with Crippen molar-refractivity contribution >= 4 is 11.9 Å². The zero-order valence-corrected chi connectivity index (χ0v) is 17.3. The van der Waals surface area contributed by atoms with Crippen molar-refractivity contribution in [2.45, 2.75) is 50.5 Å². The van der Waals surface area contributed by atoms with Gasteiger partial charge in [-0.25, -0.2) is 4.79 Å². The summed E-state index contributed by atoms with van der Waals surface area (Å²) in [7, 11) is 0. The lowest BCUT2D eigenvalue weighted by Gasteiger charge is -2.34. The number of amides is 1. The standard InChI is InChI=1S/C20H28N2O2.C2HF3O2/c23-20(21-13-16-6-7-16)18-12-17-9-11-22(14-19(17)24-18)10-8-15-4-2-1-3-5-15;3-2(4,5)1(6)7/h1-5,16-19H,6-14H2,(H,21,23);(H,6,7)/t17-,18-,19+;/m0./s1. The first-order valence-corrected chi connectivity index (χ1v) is 10.7. The Labute approximate surface area is 179 Å². The number of carboxylic acid groups (broad SMARTS) is 1. The zero-order valence-electron chi connectivity index (χ0n) is 17.3. The molecule has 4 rings (SSSR count). The van der Waals surface area contributed by atoms with Crippen LogP contribution < -0.4 is 5.32 Å². The SMILES string of the molecule is O=C(NCC1CC1)[C@@H]1C[C@@H]2CCN(CCc3ccccc3)C[C@H]2O1.O=C(O)C(F)(F)F. The molecule has 172 valence electrons. The Hall–Kier alpha value is -2.13. The van der Waals surface area contributed by atoms with E-state index in [4.69, 9.17) is 14.6 Å². The van der Waals surface area contributed by atoms with E-state index in [1.54, 1.807) is 0 Å². The number of ether oxygens (including phenoxy) is 1. The molecule has 3 aliphatic rings. The molecule has 0 spiro atoms. The van der Waals surface area contributed by atoms with Gasteiger partial charge in [0.2, 0.25) is 5.91 Å². The Kier molecular flexibility index (Phi) is 7.94. The number of carboxylic acids is 1. The fourth-order valence-corrected chi connectivity index (χ4v) is 3.98. The maximum atomic E-state index is 12.3. The second-order valence-electron chi connectivity index (χ2n) is 8.48. The van der Waals surface area contributed by atoms with Crippen molar-refractivity contribution in [3.63, 3.8) is 0 Å². The quantitative estimate of drug-likeness (QED) is 0.709. The summed E-state index contributed by atoms with van der Waals surface area (Å²) in [4.78, 5) is 23.7. The molecule has 1 aromatic carbocycles. The molecule has 1 saturated carbocycles. The number of piperidine rings is 1. The molecule has 1 aromatic rings. The summed E-state index contributed by atoms with van der Waals surface area (Å²) in [5.74, 6) is -1.35. The third-order valence-electron chi connectivity index (χ3n) is 5.99. The highest BCUT2D eigenvalue weighted by molar-refractivity contribution is 5.81. The minimum Gasteiger partial charge on any atom is -0.475 e. The normalized spacial score (nSPS) is 25.8. The Balaban J connectivity index is 0.000000339. The molecular weight excluding hydrogens is 413 g/mol. The van der Waals surface area contributed by atoms with Gasteiger partial charge in [0.05, 0.1) is 6.10 Å². The van der Waals surface area contributed by atoms with E-state index < -0.39 is 12.1 Å². The Bertz CT molecular complexity index is 740. The fraction of sp³-hybridized carbons (Fsp3) is 0.636. The van der Waals surface area contributed by atoms with Gasteiger partial charge in [0.1, 0.15) is 6.10 Å². The molecule has 0 bridgehead atoms. The predicted octanol–water partition coefficient (Wildman–Crippen LogP) is 2.87. The lowest BCUT2D eigenvalue weighted by Crippen LogP contribution is -2.43. The molecule has 2 heterocycles. The minimum atomic E-state index is -5.08. The summed E-state index contributed by atoms with van der Waals surface area (Å²) in [5, 5.41) is 10.2. The van der Waals surface area contributed by atoms with Crippen molar-refractivity contribution in [2.75, 3.05) is 26.2 Å². The first-order chi connectivity index (χ1) is 14.7. The molecule has 31 heavy (non-hydrogen) atoms. The molecule has 3 atom stereocenters. The number of benzene rings is 1. The van der Waals surface area contributed by atoms with E-state index in [1.807, 2.05) is 0 Å². The van der Waals surface area contributed by atoms with Gasteiger partial charge in [0, 0.05) is 19.6 Å². The van der Waals surface area contributed by atoms with Crippen LogP contribution in [0.3, 0.4) is 0 Å². The van der Waals surface area contributed by atoms with Crippen molar-refractivity contribution in [3.8, 4) is 0 Å². The molecule has 9 heteroatoms. The molecule has 1 amide bonds. The fourth-order valence-electron chi connectivity index (χ4n) is 3.98. The molecule has 1 aliphatic carbocycles. The number of halogens is 3. The molecule has 0 aromatic heterocycles. The van der Waals surface area contributed by atoms with E-state index in [0.29, 0.717) is 5.92 Å². The lowest BCUT2D eigenvalue weighted by molar-refractivity contribution is -0.192. The molecule has 2 aliphatic heterocycles. The molecule has 2 N–H and O–H groups in total. The van der Waals surface area contributed by atoms with Crippen LogP contribution in [0.4, 0.5) is 13.2 Å². The third kappa shape index (κ3) is 7.50. The van der Waals surface area contributed by atoms with Crippen LogP contribution in [-0.4, -0.2) is 66.4 Å². The number of carbonyl (C=O) groups excluding carboxylic acids is 1. The number of rotatable bonds is 6. The highest BCUT2D eigenvalue weighted by Crippen LogP contribution is 2.34. The van der Waals surface area contributed by atoms with Crippen LogP contribution in [0, 0.1) is 11.8 Å². The summed E-state index contributed by atoms with van der Waals surface area (Å²) in [6, 6.07) is 10.7. The lowest BCUT2D eigenvalue weighted by atomic mass is 9.91. The topological polar surface area (TPSA) is 78.9 Å². The maximum absolute atomic E-state index is 12.3. The first kappa shape index (κ1) is 23.5. The molecule has 3 fully saturated rings. The number of hydrogen-bond acceptors (Lipinski definition) is 4. The number of fused-ring (bicyclic) bond motifs is 1. The van der Waals surface area contributed by atoms with E-state index in [1.165, 1.54) is 18.4 Å². The number of nitrogens with one attached hydrogen (secondary N) is 1. The van der Waals surface area contributed by atoms with Crippen LogP contribution in [0.15, 0.2) is 30.3 Å². The molecule has 2 saturated heterocycles. The summed E-state index contributed by atoms with van der Waals surface area (Å²) in [5.41, 5.74) is 1.39. The Morgan fingerprint density at radius 1 is 1.16 bits per heavy atom. The first-order valence-electron chi connectivity index (χ1n) is 10.7. The summed E-state index contributed by atoms with van der Waals surface area (Å²) >= 11 is 0. The van der Waals surface area contributed by atoms with Gasteiger partial charge in [-0.15, -0.1) is 0 Å². The summed E-state index contributed by atoms with van der Waals surface area (Å²) in [6.07, 6.45) is 0.642.